The maximum Gasteiger partial charge on any atom is 0.149 e. The first-order chi connectivity index (χ1) is 26.8. The molecule has 0 aliphatic rings. The normalized spacial score (nSPS) is 11.7. The van der Waals surface area contributed by atoms with Crippen LogP contribution in [0, 0.1) is 0 Å². The summed E-state index contributed by atoms with van der Waals surface area (Å²) in [5, 5.41) is 30.1. The summed E-state index contributed by atoms with van der Waals surface area (Å²) >= 11 is 0. The lowest BCUT2D eigenvalue weighted by Crippen LogP contribution is -2.55. The van der Waals surface area contributed by atoms with Gasteiger partial charge >= 0.3 is 0 Å². The Labute approximate surface area is 350 Å². The molecule has 1 aromatic heterocycles. The van der Waals surface area contributed by atoms with Crippen molar-refractivity contribution in [2.75, 3.05) is 0 Å². The van der Waals surface area contributed by atoms with Gasteiger partial charge in [-0.3, -0.25) is 0 Å². The topological polar surface area (TPSA) is 53.6 Å². The number of hydrogen-bond donors (Lipinski definition) is 2. The monoisotopic (exact) mass is 720 g/mol. The zero-order valence-corrected chi connectivity index (χ0v) is 36.8. The van der Waals surface area contributed by atoms with Crippen molar-refractivity contribution in [3.63, 3.8) is 0 Å². The third kappa shape index (κ3) is 5.29. The van der Waals surface area contributed by atoms with Gasteiger partial charge in [-0.25, -0.2) is 0 Å². The Morgan fingerprint density at radius 3 is 1.23 bits per heavy atom. The molecule has 258 valence electrons. The van der Waals surface area contributed by atoms with Gasteiger partial charge in [0.05, 0.1) is 0 Å². The molecule has 7 aromatic carbocycles. The van der Waals surface area contributed by atoms with Crippen molar-refractivity contribution in [2.45, 2.75) is 0 Å². The van der Waals surface area contributed by atoms with Crippen LogP contribution >= 0.6 is 0 Å². The summed E-state index contributed by atoms with van der Waals surface area (Å²) in [6.45, 7) is 0. The number of phenolic OH excluding ortho intramolecular Hbond substituents is 2. The Morgan fingerprint density at radius 2 is 0.754 bits per heavy atom. The van der Waals surface area contributed by atoms with Gasteiger partial charge in [-0.1, -0.05) is 51.0 Å². The van der Waals surface area contributed by atoms with E-state index >= 15 is 0 Å². The predicted molar refractivity (Wildman–Crippen MR) is 299 cm³/mol. The lowest BCUT2D eigenvalue weighted by molar-refractivity contribution is 0.464. The van der Waals surface area contributed by atoms with Crippen molar-refractivity contribution < 1.29 is 14.6 Å². The Hall–Kier alpha value is -4.50. The van der Waals surface area contributed by atoms with Gasteiger partial charge in [0.1, 0.15) is 148 Å². The lowest BCUT2D eigenvalue weighted by atomic mass is 9.58. The van der Waals surface area contributed by atoms with Crippen LogP contribution in [-0.2, 0) is 0 Å². The van der Waals surface area contributed by atoms with Crippen molar-refractivity contribution in [1.29, 1.82) is 0 Å². The fourth-order valence-electron chi connectivity index (χ4n) is 10.3. The largest absolute Gasteiger partial charge is 0.509 e. The quantitative estimate of drug-likeness (QED) is 0.141. The van der Waals surface area contributed by atoms with Gasteiger partial charge in [0.25, 0.3) is 0 Å². The van der Waals surface area contributed by atoms with Crippen LogP contribution in [0.15, 0.2) is 40.8 Å². The molecule has 19 heteroatoms. The molecule has 0 saturated heterocycles. The van der Waals surface area contributed by atoms with Gasteiger partial charge in [-0.15, -0.1) is 38.2 Å². The minimum Gasteiger partial charge on any atom is -0.509 e. The highest BCUT2D eigenvalue weighted by Crippen LogP contribution is 2.45. The fourth-order valence-corrected chi connectivity index (χ4v) is 10.3. The molecule has 0 atom stereocenters. The van der Waals surface area contributed by atoms with Crippen LogP contribution < -0.4 is 87.4 Å². The molecule has 0 aliphatic heterocycles. The average Bonchev–Trinajstić information content (AvgIpc) is 3.58. The van der Waals surface area contributed by atoms with E-state index < -0.39 is 0 Å². The minimum atomic E-state index is 0.144. The van der Waals surface area contributed by atoms with Gasteiger partial charge in [-0.05, 0) is 89.5 Å². The Bertz CT molecular complexity index is 3040. The van der Waals surface area contributed by atoms with E-state index in [4.69, 9.17) is 4.42 Å². The maximum absolute atomic E-state index is 11.6. The summed E-state index contributed by atoms with van der Waals surface area (Å²) in [5.74, 6) is 0.287. The molecule has 0 saturated carbocycles. The van der Waals surface area contributed by atoms with Crippen LogP contribution in [0.25, 0.3) is 76.9 Å². The summed E-state index contributed by atoms with van der Waals surface area (Å²) < 4.78 is 6.86. The van der Waals surface area contributed by atoms with Crippen LogP contribution in [-0.4, -0.2) is 136 Å². The van der Waals surface area contributed by atoms with E-state index in [1.807, 2.05) is 15.7 Å². The Kier molecular flexibility index (Phi) is 9.34. The Balaban J connectivity index is 1.61. The molecular formula is C38H40B16O3. The van der Waals surface area contributed by atoms with Gasteiger partial charge in [0.15, 0.2) is 0 Å². The number of aromatic hydroxyl groups is 2. The van der Waals surface area contributed by atoms with Gasteiger partial charge in [-0.2, -0.15) is 0 Å². The van der Waals surface area contributed by atoms with Crippen molar-refractivity contribution in [1.82, 2.24) is 0 Å². The van der Waals surface area contributed by atoms with Crippen LogP contribution in [0.3, 0.4) is 0 Å². The van der Waals surface area contributed by atoms with E-state index in [-0.39, 0.29) is 11.5 Å². The van der Waals surface area contributed by atoms with Crippen LogP contribution in [0.1, 0.15) is 0 Å². The highest BCUT2D eigenvalue weighted by atomic mass is 16.3. The summed E-state index contributed by atoms with van der Waals surface area (Å²) in [5.41, 5.74) is 27.3. The number of hydrogen-bond acceptors (Lipinski definition) is 3. The molecule has 8 aromatic rings. The molecule has 8 rings (SSSR count). The smallest absolute Gasteiger partial charge is 0.149 e. The van der Waals surface area contributed by atoms with Crippen LogP contribution in [0.4, 0.5) is 0 Å². The zero-order chi connectivity index (χ0) is 41.4. The van der Waals surface area contributed by atoms with Crippen molar-refractivity contribution in [3.8, 4) is 44.9 Å². The van der Waals surface area contributed by atoms with Crippen molar-refractivity contribution in [2.24, 2.45) is 0 Å². The second-order valence-electron chi connectivity index (χ2n) is 17.2. The summed E-state index contributed by atoms with van der Waals surface area (Å²) in [6.07, 6.45) is 0. The average molecular weight is 718 g/mol. The van der Waals surface area contributed by atoms with Gasteiger partial charge in [0.2, 0.25) is 0 Å². The third-order valence-corrected chi connectivity index (χ3v) is 14.9. The number of furan rings is 1. The standard InChI is InChI=1S/C38H40B16O3/c39-21-12(22(40)30(48)35(53)29(21)47)7-4-5-8-11(6-7)57-10-3-1-2-9(13(8)10)14-16-18(25(43)33(51)31(49)23(16)41)15(19-17(14)24(42)32(50)34(52)26(19)44)20-27(45)37(55)36(54)38(56)28(20)46/h1-6,55-56H,39-54H2. The first kappa shape index (κ1) is 39.3. The highest BCUT2D eigenvalue weighted by molar-refractivity contribution is 6.72. The van der Waals surface area contributed by atoms with E-state index in [9.17, 15) is 10.2 Å². The number of fused-ring (bicyclic) bond motifs is 5. The first-order valence-electron chi connectivity index (χ1n) is 20.3. The molecule has 0 amide bonds. The number of rotatable bonds is 3. The van der Waals surface area contributed by atoms with Crippen LogP contribution in [0.2, 0.25) is 0 Å². The second kappa shape index (κ2) is 13.5. The highest BCUT2D eigenvalue weighted by Gasteiger charge is 2.29. The van der Waals surface area contributed by atoms with Gasteiger partial charge in [0, 0.05) is 10.8 Å². The zero-order valence-electron chi connectivity index (χ0n) is 36.8. The van der Waals surface area contributed by atoms with E-state index in [0.717, 1.165) is 49.6 Å². The maximum atomic E-state index is 11.6. The van der Waals surface area contributed by atoms with E-state index in [1.54, 1.807) is 7.85 Å². The minimum absolute atomic E-state index is 0.144. The fraction of sp³-hybridized carbons (Fsp3) is 0. The molecule has 1 heterocycles. The number of phenols is 2. The Morgan fingerprint density at radius 1 is 0.333 bits per heavy atom. The van der Waals surface area contributed by atoms with Crippen molar-refractivity contribution >= 4 is 256 Å². The van der Waals surface area contributed by atoms with Crippen molar-refractivity contribution in [3.05, 3.63) is 36.4 Å². The molecule has 3 nitrogen and oxygen atoms in total. The molecule has 57 heavy (non-hydrogen) atoms. The molecule has 0 fully saturated rings. The SMILES string of the molecule is Bc1c(B)c(B)c(-c2ccc3c(c2)oc2cccc(-c4c5c(B)c(B)c(B)c(B)c5c(-c5c(B)c(O)c(B)c(O)c5B)c5c(B)c(B)c(B)c(B)c45)c23)c(B)c1B. The summed E-state index contributed by atoms with van der Waals surface area (Å²) in [4.78, 5) is 0. The third-order valence-electron chi connectivity index (χ3n) is 14.9. The second-order valence-corrected chi connectivity index (χ2v) is 17.2. The molecule has 0 spiro atoms. The summed E-state index contributed by atoms with van der Waals surface area (Å²) in [6, 6.07) is 13.3. The molecule has 0 radical (unpaired) electrons. The molecular weight excluding hydrogens is 677 g/mol. The molecule has 0 aliphatic carbocycles. The lowest BCUT2D eigenvalue weighted by Gasteiger charge is -2.30. The molecule has 2 N–H and O–H groups in total. The summed E-state index contributed by atoms with van der Waals surface area (Å²) in [7, 11) is 35.0. The number of benzene rings is 7. The molecule has 0 unspecified atom stereocenters. The van der Waals surface area contributed by atoms with E-state index in [2.05, 4.69) is 138 Å². The van der Waals surface area contributed by atoms with E-state index in [1.165, 1.54) is 109 Å². The first-order valence-corrected chi connectivity index (χ1v) is 20.3. The molecule has 0 bridgehead atoms. The van der Waals surface area contributed by atoms with Gasteiger partial charge < -0.3 is 14.6 Å². The van der Waals surface area contributed by atoms with Crippen LogP contribution in [0.5, 0.6) is 11.5 Å². The predicted octanol–water partition coefficient (Wildman–Crippen LogP) is -17.6. The van der Waals surface area contributed by atoms with E-state index in [0.29, 0.717) is 5.46 Å².